The highest BCUT2D eigenvalue weighted by Gasteiger charge is 2.52. The van der Waals surface area contributed by atoms with E-state index in [1.807, 2.05) is 35.7 Å². The maximum Gasteiger partial charge on any atom is 0.173 e. The SMILES string of the molecule is Cc1cc(Nc2cccc3nc([C@@]45CC[C@@H](CNC4)N5CCC#N)nn23)n[nH]1. The molecule has 9 nitrogen and oxygen atoms in total. The summed E-state index contributed by atoms with van der Waals surface area (Å²) in [6, 6.07) is 10.6. The topological polar surface area (TPSA) is 110 Å². The number of hydrogen-bond acceptors (Lipinski definition) is 7. The normalized spacial score (nSPS) is 24.5. The van der Waals surface area contributed by atoms with Crippen LogP contribution >= 0.6 is 0 Å². The van der Waals surface area contributed by atoms with E-state index in [2.05, 4.69) is 31.8 Å². The number of rotatable bonds is 5. The molecular formula is C19H23N9. The lowest BCUT2D eigenvalue weighted by atomic mass is 9.94. The first-order chi connectivity index (χ1) is 13.7. The smallest absolute Gasteiger partial charge is 0.173 e. The fourth-order valence-corrected chi connectivity index (χ4v) is 4.60. The van der Waals surface area contributed by atoms with Crippen LogP contribution in [0.4, 0.5) is 11.6 Å². The zero-order valence-corrected chi connectivity index (χ0v) is 15.8. The Balaban J connectivity index is 1.54. The second-order valence-corrected chi connectivity index (χ2v) is 7.63. The first-order valence-electron chi connectivity index (χ1n) is 9.69. The summed E-state index contributed by atoms with van der Waals surface area (Å²) < 4.78 is 1.85. The molecule has 0 unspecified atom stereocenters. The van der Waals surface area contributed by atoms with Crippen molar-refractivity contribution in [3.63, 3.8) is 0 Å². The zero-order valence-electron chi connectivity index (χ0n) is 15.8. The predicted octanol–water partition coefficient (Wildman–Crippen LogP) is 1.68. The van der Waals surface area contributed by atoms with Gasteiger partial charge in [0.25, 0.3) is 0 Å². The summed E-state index contributed by atoms with van der Waals surface area (Å²) >= 11 is 0. The van der Waals surface area contributed by atoms with Crippen molar-refractivity contribution in [3.05, 3.63) is 35.8 Å². The van der Waals surface area contributed by atoms with E-state index in [9.17, 15) is 0 Å². The van der Waals surface area contributed by atoms with Crippen LogP contribution in [-0.4, -0.2) is 55.4 Å². The molecule has 0 spiro atoms. The number of aryl methyl sites for hydroxylation is 1. The van der Waals surface area contributed by atoms with Gasteiger partial charge >= 0.3 is 0 Å². The molecule has 0 amide bonds. The highest BCUT2D eigenvalue weighted by Crippen LogP contribution is 2.42. The minimum absolute atomic E-state index is 0.244. The number of H-pyrrole nitrogens is 1. The molecule has 3 aromatic heterocycles. The Hall–Kier alpha value is -2.96. The van der Waals surface area contributed by atoms with Gasteiger partial charge in [-0.3, -0.25) is 10.00 Å². The fraction of sp³-hybridized carbons (Fsp3) is 0.474. The Bertz CT molecular complexity index is 1040. The van der Waals surface area contributed by atoms with Gasteiger partial charge in [0.05, 0.1) is 11.6 Å². The summed E-state index contributed by atoms with van der Waals surface area (Å²) in [6.45, 7) is 4.50. The summed E-state index contributed by atoms with van der Waals surface area (Å²) in [5.74, 6) is 2.39. The first-order valence-corrected chi connectivity index (χ1v) is 9.69. The number of fused-ring (bicyclic) bond motifs is 3. The molecule has 3 N–H and O–H groups in total. The lowest BCUT2D eigenvalue weighted by Crippen LogP contribution is -2.59. The largest absolute Gasteiger partial charge is 0.323 e. The number of nitrogens with zero attached hydrogens (tertiary/aromatic N) is 6. The Morgan fingerprint density at radius 2 is 2.36 bits per heavy atom. The molecule has 5 heterocycles. The standard InChI is InChI=1S/C19H23N9/c1-13-10-15(25-24-13)22-16-4-2-5-17-23-18(26-28(16)17)19-7-6-14(11-21-12-19)27(19)9-3-8-20/h2,4-5,10,14,21H,3,6-7,9,11-12H2,1H3,(H2,22,24,25)/t14-,19+/m0/s1. The Morgan fingerprint density at radius 1 is 1.43 bits per heavy atom. The molecule has 0 aromatic carbocycles. The third-order valence-corrected chi connectivity index (χ3v) is 5.88. The van der Waals surface area contributed by atoms with Crippen molar-refractivity contribution < 1.29 is 0 Å². The van der Waals surface area contributed by atoms with E-state index in [0.29, 0.717) is 12.5 Å². The van der Waals surface area contributed by atoms with Crippen LogP contribution in [0.3, 0.4) is 0 Å². The van der Waals surface area contributed by atoms with Crippen LogP contribution in [0.2, 0.25) is 0 Å². The number of hydrogen-bond donors (Lipinski definition) is 3. The Kier molecular flexibility index (Phi) is 4.03. The molecule has 2 bridgehead atoms. The third kappa shape index (κ3) is 2.65. The van der Waals surface area contributed by atoms with Gasteiger partial charge < -0.3 is 10.6 Å². The lowest BCUT2D eigenvalue weighted by Gasteiger charge is -2.43. The van der Waals surface area contributed by atoms with Crippen LogP contribution in [0.1, 0.15) is 30.8 Å². The molecule has 28 heavy (non-hydrogen) atoms. The van der Waals surface area contributed by atoms with E-state index in [0.717, 1.165) is 61.3 Å². The predicted molar refractivity (Wildman–Crippen MR) is 104 cm³/mol. The molecule has 0 radical (unpaired) electrons. The Morgan fingerprint density at radius 3 is 3.18 bits per heavy atom. The Labute approximate surface area is 162 Å². The molecule has 144 valence electrons. The maximum absolute atomic E-state index is 9.09. The maximum atomic E-state index is 9.09. The van der Waals surface area contributed by atoms with Gasteiger partial charge in [0.15, 0.2) is 17.3 Å². The number of anilines is 2. The van der Waals surface area contributed by atoms with Gasteiger partial charge in [0.2, 0.25) is 0 Å². The van der Waals surface area contributed by atoms with Crippen LogP contribution in [-0.2, 0) is 5.54 Å². The van der Waals surface area contributed by atoms with Crippen LogP contribution in [0.25, 0.3) is 5.65 Å². The van der Waals surface area contributed by atoms with Crippen molar-refractivity contribution in [2.24, 2.45) is 0 Å². The highest BCUT2D eigenvalue weighted by atomic mass is 15.4. The number of nitriles is 1. The summed E-state index contributed by atoms with van der Waals surface area (Å²) in [4.78, 5) is 7.34. The van der Waals surface area contributed by atoms with Crippen molar-refractivity contribution in [2.75, 3.05) is 25.0 Å². The van der Waals surface area contributed by atoms with Crippen LogP contribution in [0.5, 0.6) is 0 Å². The van der Waals surface area contributed by atoms with Crippen molar-refractivity contribution in [2.45, 2.75) is 37.8 Å². The van der Waals surface area contributed by atoms with Gasteiger partial charge in [-0.15, -0.1) is 5.10 Å². The molecular weight excluding hydrogens is 354 g/mol. The molecule has 2 atom stereocenters. The molecule has 0 saturated carbocycles. The molecule has 5 rings (SSSR count). The molecule has 2 saturated heterocycles. The summed E-state index contributed by atoms with van der Waals surface area (Å²) in [5, 5.41) is 28.1. The van der Waals surface area contributed by atoms with Gasteiger partial charge in [-0.25, -0.2) is 4.98 Å². The zero-order chi connectivity index (χ0) is 19.1. The average Bonchev–Trinajstić information content (AvgIpc) is 3.36. The summed E-state index contributed by atoms with van der Waals surface area (Å²) in [5.41, 5.74) is 1.55. The molecule has 2 aliphatic rings. The minimum Gasteiger partial charge on any atom is -0.323 e. The van der Waals surface area contributed by atoms with E-state index in [-0.39, 0.29) is 5.54 Å². The van der Waals surface area contributed by atoms with Crippen molar-refractivity contribution >= 4 is 17.3 Å². The second-order valence-electron chi connectivity index (χ2n) is 7.63. The van der Waals surface area contributed by atoms with E-state index in [4.69, 9.17) is 15.3 Å². The van der Waals surface area contributed by atoms with E-state index in [1.54, 1.807) is 0 Å². The van der Waals surface area contributed by atoms with E-state index >= 15 is 0 Å². The minimum atomic E-state index is -0.244. The van der Waals surface area contributed by atoms with Crippen LogP contribution in [0.15, 0.2) is 24.3 Å². The van der Waals surface area contributed by atoms with Gasteiger partial charge in [0.1, 0.15) is 5.82 Å². The van der Waals surface area contributed by atoms with Gasteiger partial charge in [-0.1, -0.05) is 6.07 Å². The van der Waals surface area contributed by atoms with Crippen molar-refractivity contribution in [1.82, 2.24) is 35.0 Å². The van der Waals surface area contributed by atoms with Gasteiger partial charge in [-0.2, -0.15) is 14.9 Å². The van der Waals surface area contributed by atoms with E-state index in [1.165, 1.54) is 0 Å². The van der Waals surface area contributed by atoms with Crippen LogP contribution in [0, 0.1) is 18.3 Å². The monoisotopic (exact) mass is 377 g/mol. The summed E-state index contributed by atoms with van der Waals surface area (Å²) in [6.07, 6.45) is 2.64. The van der Waals surface area contributed by atoms with Crippen molar-refractivity contribution in [1.29, 1.82) is 5.26 Å². The number of aromatic amines is 1. The molecule has 2 fully saturated rings. The summed E-state index contributed by atoms with van der Waals surface area (Å²) in [7, 11) is 0. The average molecular weight is 377 g/mol. The molecule has 3 aromatic rings. The molecule has 9 heteroatoms. The fourth-order valence-electron chi connectivity index (χ4n) is 4.60. The number of pyridine rings is 1. The number of piperazine rings is 1. The van der Waals surface area contributed by atoms with Crippen molar-refractivity contribution in [3.8, 4) is 6.07 Å². The highest BCUT2D eigenvalue weighted by molar-refractivity contribution is 5.57. The number of nitrogens with one attached hydrogen (secondary N) is 3. The molecule has 0 aliphatic carbocycles. The lowest BCUT2D eigenvalue weighted by molar-refractivity contribution is 0.0604. The quantitative estimate of drug-likeness (QED) is 0.620. The van der Waals surface area contributed by atoms with Crippen LogP contribution < -0.4 is 10.6 Å². The third-order valence-electron chi connectivity index (χ3n) is 5.88. The second kappa shape index (κ2) is 6.58. The molecule has 2 aliphatic heterocycles. The van der Waals surface area contributed by atoms with E-state index < -0.39 is 0 Å². The van der Waals surface area contributed by atoms with Gasteiger partial charge in [-0.05, 0) is 31.9 Å². The van der Waals surface area contributed by atoms with Gasteiger partial charge in [0, 0.05) is 43.9 Å². The first kappa shape index (κ1) is 17.2. The number of aromatic nitrogens is 5.